The SMILES string of the molecule is CCCCCCCCCCCCCCCCCCN1CC(C(=O)OC)CC1=O. The Morgan fingerprint density at radius 1 is 0.821 bits per heavy atom. The maximum atomic E-state index is 11.9. The third-order valence-electron chi connectivity index (χ3n) is 6.03. The van der Waals surface area contributed by atoms with Crippen LogP contribution in [0.2, 0.25) is 0 Å². The Morgan fingerprint density at radius 3 is 1.68 bits per heavy atom. The lowest BCUT2D eigenvalue weighted by molar-refractivity contribution is -0.145. The quantitative estimate of drug-likeness (QED) is 0.203. The Balaban J connectivity index is 1.81. The molecule has 4 heteroatoms. The van der Waals surface area contributed by atoms with E-state index < -0.39 is 0 Å². The van der Waals surface area contributed by atoms with Crippen molar-refractivity contribution in [3.8, 4) is 0 Å². The maximum absolute atomic E-state index is 11.9. The second-order valence-electron chi connectivity index (χ2n) is 8.57. The first-order valence-corrected chi connectivity index (χ1v) is 12.0. The van der Waals surface area contributed by atoms with Gasteiger partial charge in [0.05, 0.1) is 13.0 Å². The van der Waals surface area contributed by atoms with Gasteiger partial charge < -0.3 is 9.64 Å². The Bertz CT molecular complexity index is 411. The van der Waals surface area contributed by atoms with Crippen LogP contribution >= 0.6 is 0 Å². The van der Waals surface area contributed by atoms with Crippen LogP contribution < -0.4 is 0 Å². The molecule has 0 radical (unpaired) electrons. The number of carbonyl (C=O) groups is 2. The standard InChI is InChI=1S/C24H45NO3/c1-3-4-5-6-7-8-9-10-11-12-13-14-15-16-17-18-19-25-21-22(20-23(25)26)24(27)28-2/h22H,3-21H2,1-2H3. The van der Waals surface area contributed by atoms with Crippen LogP contribution in [0.25, 0.3) is 0 Å². The molecule has 0 spiro atoms. The van der Waals surface area contributed by atoms with Crippen LogP contribution in [0.15, 0.2) is 0 Å². The van der Waals surface area contributed by atoms with E-state index >= 15 is 0 Å². The molecule has 4 nitrogen and oxygen atoms in total. The molecule has 1 aliphatic rings. The van der Waals surface area contributed by atoms with Gasteiger partial charge in [-0.25, -0.2) is 0 Å². The van der Waals surface area contributed by atoms with Crippen LogP contribution in [0.1, 0.15) is 116 Å². The van der Waals surface area contributed by atoms with Crippen molar-refractivity contribution < 1.29 is 14.3 Å². The van der Waals surface area contributed by atoms with Crippen molar-refractivity contribution in [1.82, 2.24) is 4.90 Å². The Morgan fingerprint density at radius 2 is 1.25 bits per heavy atom. The number of hydrogen-bond acceptors (Lipinski definition) is 3. The van der Waals surface area contributed by atoms with Crippen LogP contribution in [0.5, 0.6) is 0 Å². The molecule has 1 unspecified atom stereocenters. The molecule has 1 saturated heterocycles. The second-order valence-corrected chi connectivity index (χ2v) is 8.57. The van der Waals surface area contributed by atoms with Gasteiger partial charge in [0, 0.05) is 19.5 Å². The number of esters is 1. The first-order valence-electron chi connectivity index (χ1n) is 12.0. The van der Waals surface area contributed by atoms with Gasteiger partial charge in [-0.05, 0) is 6.42 Å². The van der Waals surface area contributed by atoms with E-state index in [1.165, 1.54) is 103 Å². The van der Waals surface area contributed by atoms with Gasteiger partial charge in [-0.2, -0.15) is 0 Å². The fourth-order valence-corrected chi connectivity index (χ4v) is 4.16. The minimum Gasteiger partial charge on any atom is -0.469 e. The average Bonchev–Trinajstić information content (AvgIpc) is 3.07. The van der Waals surface area contributed by atoms with Crippen molar-refractivity contribution in [2.24, 2.45) is 5.92 Å². The molecule has 1 fully saturated rings. The summed E-state index contributed by atoms with van der Waals surface area (Å²) < 4.78 is 4.75. The molecule has 1 heterocycles. The van der Waals surface area contributed by atoms with E-state index in [9.17, 15) is 9.59 Å². The molecular weight excluding hydrogens is 350 g/mol. The Hall–Kier alpha value is -1.06. The molecule has 0 aromatic rings. The van der Waals surface area contributed by atoms with E-state index in [1.54, 1.807) is 0 Å². The summed E-state index contributed by atoms with van der Waals surface area (Å²) in [6.07, 6.45) is 22.0. The molecule has 164 valence electrons. The van der Waals surface area contributed by atoms with Gasteiger partial charge >= 0.3 is 5.97 Å². The molecule has 1 atom stereocenters. The molecule has 0 aliphatic carbocycles. The first kappa shape index (κ1) is 25.0. The molecule has 1 amide bonds. The number of carbonyl (C=O) groups excluding carboxylic acids is 2. The summed E-state index contributed by atoms with van der Waals surface area (Å²) in [5, 5.41) is 0. The Kier molecular flexibility index (Phi) is 15.0. The van der Waals surface area contributed by atoms with E-state index in [2.05, 4.69) is 6.92 Å². The van der Waals surface area contributed by atoms with Gasteiger partial charge in [-0.3, -0.25) is 9.59 Å². The molecule has 28 heavy (non-hydrogen) atoms. The van der Waals surface area contributed by atoms with E-state index in [0.29, 0.717) is 13.0 Å². The third-order valence-corrected chi connectivity index (χ3v) is 6.03. The number of nitrogens with zero attached hydrogens (tertiary/aromatic N) is 1. The summed E-state index contributed by atoms with van der Waals surface area (Å²) in [5.41, 5.74) is 0. The number of unbranched alkanes of at least 4 members (excludes halogenated alkanes) is 15. The largest absolute Gasteiger partial charge is 0.469 e. The van der Waals surface area contributed by atoms with Crippen molar-refractivity contribution >= 4 is 11.9 Å². The fraction of sp³-hybridized carbons (Fsp3) is 0.917. The Labute approximate surface area is 173 Å². The molecule has 0 aromatic heterocycles. The predicted octanol–water partition coefficient (Wildman–Crippen LogP) is 6.27. The summed E-state index contributed by atoms with van der Waals surface area (Å²) in [6, 6.07) is 0. The molecule has 0 bridgehead atoms. The van der Waals surface area contributed by atoms with E-state index in [1.807, 2.05) is 4.90 Å². The van der Waals surface area contributed by atoms with Crippen molar-refractivity contribution in [1.29, 1.82) is 0 Å². The number of likely N-dealkylation sites (tertiary alicyclic amines) is 1. The summed E-state index contributed by atoms with van der Waals surface area (Å²) in [6.45, 7) is 3.62. The molecule has 0 aromatic carbocycles. The summed E-state index contributed by atoms with van der Waals surface area (Å²) in [4.78, 5) is 25.3. The van der Waals surface area contributed by atoms with Crippen LogP contribution in [-0.2, 0) is 14.3 Å². The number of ether oxygens (including phenoxy) is 1. The van der Waals surface area contributed by atoms with Crippen molar-refractivity contribution in [2.45, 2.75) is 116 Å². The van der Waals surface area contributed by atoms with E-state index in [0.717, 1.165) is 13.0 Å². The third kappa shape index (κ3) is 11.7. The fourth-order valence-electron chi connectivity index (χ4n) is 4.16. The highest BCUT2D eigenvalue weighted by molar-refractivity contribution is 5.86. The zero-order valence-electron chi connectivity index (χ0n) is 18.7. The summed E-state index contributed by atoms with van der Waals surface area (Å²) >= 11 is 0. The normalized spacial score (nSPS) is 16.7. The zero-order valence-corrected chi connectivity index (χ0v) is 18.7. The van der Waals surface area contributed by atoms with Gasteiger partial charge in [0.2, 0.25) is 5.91 Å². The highest BCUT2D eigenvalue weighted by Gasteiger charge is 2.34. The summed E-state index contributed by atoms with van der Waals surface area (Å²) in [7, 11) is 1.39. The van der Waals surface area contributed by atoms with Crippen LogP contribution in [0, 0.1) is 5.92 Å². The van der Waals surface area contributed by atoms with Gasteiger partial charge in [0.15, 0.2) is 0 Å². The van der Waals surface area contributed by atoms with Crippen LogP contribution in [-0.4, -0.2) is 37.0 Å². The number of methoxy groups -OCH3 is 1. The van der Waals surface area contributed by atoms with Crippen molar-refractivity contribution in [2.75, 3.05) is 20.2 Å². The zero-order chi connectivity index (χ0) is 20.5. The lowest BCUT2D eigenvalue weighted by Crippen LogP contribution is -2.27. The van der Waals surface area contributed by atoms with Crippen LogP contribution in [0.4, 0.5) is 0 Å². The average molecular weight is 396 g/mol. The maximum Gasteiger partial charge on any atom is 0.310 e. The van der Waals surface area contributed by atoms with Gasteiger partial charge in [-0.15, -0.1) is 0 Å². The minimum atomic E-state index is -0.251. The highest BCUT2D eigenvalue weighted by atomic mass is 16.5. The van der Waals surface area contributed by atoms with Gasteiger partial charge in [0.25, 0.3) is 0 Å². The number of hydrogen-bond donors (Lipinski definition) is 0. The van der Waals surface area contributed by atoms with E-state index in [-0.39, 0.29) is 17.8 Å². The van der Waals surface area contributed by atoms with Crippen molar-refractivity contribution in [3.63, 3.8) is 0 Å². The molecule has 1 rings (SSSR count). The molecule has 0 N–H and O–H groups in total. The van der Waals surface area contributed by atoms with Gasteiger partial charge in [0.1, 0.15) is 0 Å². The van der Waals surface area contributed by atoms with Crippen molar-refractivity contribution in [3.05, 3.63) is 0 Å². The minimum absolute atomic E-state index is 0.108. The predicted molar refractivity (Wildman–Crippen MR) is 116 cm³/mol. The smallest absolute Gasteiger partial charge is 0.310 e. The van der Waals surface area contributed by atoms with Crippen LogP contribution in [0.3, 0.4) is 0 Å². The summed E-state index contributed by atoms with van der Waals surface area (Å²) in [5.74, 6) is -0.391. The highest BCUT2D eigenvalue weighted by Crippen LogP contribution is 2.20. The molecule has 1 aliphatic heterocycles. The van der Waals surface area contributed by atoms with E-state index in [4.69, 9.17) is 4.74 Å². The monoisotopic (exact) mass is 395 g/mol. The molecular formula is C24H45NO3. The second kappa shape index (κ2) is 16.9. The first-order chi connectivity index (χ1) is 13.7. The number of rotatable bonds is 18. The number of amides is 1. The molecule has 0 saturated carbocycles. The lowest BCUT2D eigenvalue weighted by Gasteiger charge is -2.15. The topological polar surface area (TPSA) is 46.6 Å². The van der Waals surface area contributed by atoms with Gasteiger partial charge in [-0.1, -0.05) is 103 Å². The lowest BCUT2D eigenvalue weighted by atomic mass is 10.0.